The van der Waals surface area contributed by atoms with Crippen LogP contribution in [-0.2, 0) is 0 Å². The Labute approximate surface area is 63.5 Å². The molecule has 0 bridgehead atoms. The Morgan fingerprint density at radius 1 is 1.60 bits per heavy atom. The van der Waals surface area contributed by atoms with E-state index >= 15 is 0 Å². The summed E-state index contributed by atoms with van der Waals surface area (Å²) in [6.45, 7) is 4.59. The number of allylic oxidation sites excluding steroid dienone is 2. The molecule has 1 nitrogen and oxygen atoms in total. The van der Waals surface area contributed by atoms with Gasteiger partial charge in [-0.3, -0.25) is 0 Å². The van der Waals surface area contributed by atoms with Gasteiger partial charge in [0.1, 0.15) is 0 Å². The minimum Gasteiger partial charge on any atom is -0.391 e. The molecule has 10 heavy (non-hydrogen) atoms. The number of rotatable bonds is 2. The fraction of sp³-hybridized carbons (Fsp3) is 0.778. The van der Waals surface area contributed by atoms with E-state index in [9.17, 15) is 0 Å². The van der Waals surface area contributed by atoms with Crippen LogP contribution in [0.4, 0.5) is 0 Å². The lowest BCUT2D eigenvalue weighted by molar-refractivity contribution is 0.425. The first-order valence-corrected chi connectivity index (χ1v) is 4.13. The monoisotopic (exact) mass is 139 g/mol. The molecule has 0 aromatic heterocycles. The molecule has 0 saturated carbocycles. The smallest absolute Gasteiger partial charge is 0.00977 e. The summed E-state index contributed by atoms with van der Waals surface area (Å²) in [5, 5.41) is 3.26. The lowest BCUT2D eigenvalue weighted by Crippen LogP contribution is -2.17. The van der Waals surface area contributed by atoms with Crippen molar-refractivity contribution in [3.63, 3.8) is 0 Å². The maximum atomic E-state index is 3.26. The normalized spacial score (nSPS) is 25.2. The number of hydrogen-bond donors (Lipinski definition) is 1. The highest BCUT2D eigenvalue weighted by atomic mass is 14.8. The van der Waals surface area contributed by atoms with Crippen molar-refractivity contribution in [2.24, 2.45) is 11.8 Å². The van der Waals surface area contributed by atoms with E-state index in [1.54, 1.807) is 0 Å². The van der Waals surface area contributed by atoms with Crippen LogP contribution in [0.2, 0.25) is 0 Å². The quantitative estimate of drug-likeness (QED) is 0.618. The highest BCUT2D eigenvalue weighted by Gasteiger charge is 2.20. The maximum Gasteiger partial charge on any atom is 0.00977 e. The molecule has 0 heterocycles. The van der Waals surface area contributed by atoms with Gasteiger partial charge in [0.15, 0.2) is 0 Å². The van der Waals surface area contributed by atoms with Gasteiger partial charge in [0.25, 0.3) is 0 Å². The van der Waals surface area contributed by atoms with Crippen LogP contribution in [0.5, 0.6) is 0 Å². The molecular weight excluding hydrogens is 122 g/mol. The van der Waals surface area contributed by atoms with Crippen LogP contribution in [0, 0.1) is 11.8 Å². The van der Waals surface area contributed by atoms with E-state index in [4.69, 9.17) is 0 Å². The van der Waals surface area contributed by atoms with Gasteiger partial charge in [0.2, 0.25) is 0 Å². The van der Waals surface area contributed by atoms with Crippen LogP contribution in [0.25, 0.3) is 0 Å². The van der Waals surface area contributed by atoms with Crippen molar-refractivity contribution in [3.05, 3.63) is 11.8 Å². The van der Waals surface area contributed by atoms with Crippen molar-refractivity contribution in [1.29, 1.82) is 0 Å². The molecule has 1 unspecified atom stereocenters. The summed E-state index contributed by atoms with van der Waals surface area (Å²) in [5.41, 5.74) is 1.45. The minimum atomic E-state index is 0.793. The zero-order valence-corrected chi connectivity index (χ0v) is 7.15. The van der Waals surface area contributed by atoms with E-state index in [1.807, 2.05) is 7.05 Å². The van der Waals surface area contributed by atoms with Gasteiger partial charge in [0.05, 0.1) is 0 Å². The van der Waals surface area contributed by atoms with E-state index in [-0.39, 0.29) is 0 Å². The van der Waals surface area contributed by atoms with Gasteiger partial charge >= 0.3 is 0 Å². The average molecular weight is 139 g/mol. The molecule has 0 spiro atoms. The molecular formula is C9H17N. The Morgan fingerprint density at radius 3 is 2.70 bits per heavy atom. The summed E-state index contributed by atoms with van der Waals surface area (Å²) in [5.74, 6) is 1.59. The first-order chi connectivity index (χ1) is 4.75. The average Bonchev–Trinajstić information content (AvgIpc) is 2.33. The SMILES string of the molecule is CNC1=CCCC1C(C)C. The zero-order chi connectivity index (χ0) is 7.56. The topological polar surface area (TPSA) is 12.0 Å². The molecule has 0 radical (unpaired) electrons. The van der Waals surface area contributed by atoms with Crippen LogP contribution in [-0.4, -0.2) is 7.05 Å². The zero-order valence-electron chi connectivity index (χ0n) is 7.15. The Balaban J connectivity index is 2.54. The first kappa shape index (κ1) is 7.64. The molecule has 58 valence electrons. The first-order valence-electron chi connectivity index (χ1n) is 4.13. The summed E-state index contributed by atoms with van der Waals surface area (Å²) < 4.78 is 0. The third kappa shape index (κ3) is 1.34. The largest absolute Gasteiger partial charge is 0.391 e. The molecule has 1 aliphatic rings. The number of hydrogen-bond acceptors (Lipinski definition) is 1. The van der Waals surface area contributed by atoms with Crippen LogP contribution in [0.15, 0.2) is 11.8 Å². The van der Waals surface area contributed by atoms with Crippen LogP contribution in [0.1, 0.15) is 26.7 Å². The molecule has 0 aliphatic heterocycles. The molecule has 1 N–H and O–H groups in total. The molecule has 1 rings (SSSR count). The molecule has 1 aliphatic carbocycles. The summed E-state index contributed by atoms with van der Waals surface area (Å²) >= 11 is 0. The standard InChI is InChI=1S/C9H17N/c1-7(2)8-5-4-6-9(8)10-3/h6-8,10H,4-5H2,1-3H3. The third-order valence-electron chi connectivity index (χ3n) is 2.33. The van der Waals surface area contributed by atoms with Crippen molar-refractivity contribution < 1.29 is 0 Å². The van der Waals surface area contributed by atoms with Gasteiger partial charge in [-0.25, -0.2) is 0 Å². The van der Waals surface area contributed by atoms with Crippen LogP contribution in [0.3, 0.4) is 0 Å². The van der Waals surface area contributed by atoms with Gasteiger partial charge in [-0.1, -0.05) is 19.9 Å². The van der Waals surface area contributed by atoms with Gasteiger partial charge < -0.3 is 5.32 Å². The minimum absolute atomic E-state index is 0.793. The van der Waals surface area contributed by atoms with Crippen molar-refractivity contribution >= 4 is 0 Å². The van der Waals surface area contributed by atoms with E-state index < -0.39 is 0 Å². The van der Waals surface area contributed by atoms with E-state index in [2.05, 4.69) is 25.2 Å². The second-order valence-electron chi connectivity index (χ2n) is 3.34. The maximum absolute atomic E-state index is 3.26. The molecule has 0 amide bonds. The summed E-state index contributed by atoms with van der Waals surface area (Å²) in [4.78, 5) is 0. The summed E-state index contributed by atoms with van der Waals surface area (Å²) in [6.07, 6.45) is 4.93. The van der Waals surface area contributed by atoms with Gasteiger partial charge in [-0.05, 0) is 18.8 Å². The lowest BCUT2D eigenvalue weighted by atomic mass is 9.93. The van der Waals surface area contributed by atoms with Crippen LogP contribution < -0.4 is 5.32 Å². The predicted octanol–water partition coefficient (Wildman–Crippen LogP) is 2.16. The van der Waals surface area contributed by atoms with E-state index in [0.717, 1.165) is 11.8 Å². The Kier molecular flexibility index (Phi) is 2.36. The lowest BCUT2D eigenvalue weighted by Gasteiger charge is -2.17. The molecule has 0 aromatic rings. The van der Waals surface area contributed by atoms with Crippen LogP contribution >= 0.6 is 0 Å². The van der Waals surface area contributed by atoms with Crippen molar-refractivity contribution in [2.45, 2.75) is 26.7 Å². The summed E-state index contributed by atoms with van der Waals surface area (Å²) in [6, 6.07) is 0. The van der Waals surface area contributed by atoms with Crippen molar-refractivity contribution in [2.75, 3.05) is 7.05 Å². The molecule has 0 fully saturated rings. The fourth-order valence-corrected chi connectivity index (χ4v) is 1.71. The molecule has 0 aromatic carbocycles. The molecule has 0 saturated heterocycles. The number of nitrogens with one attached hydrogen (secondary N) is 1. The second kappa shape index (κ2) is 3.09. The van der Waals surface area contributed by atoms with Gasteiger partial charge in [0, 0.05) is 18.7 Å². The Bertz CT molecular complexity index is 136. The molecule has 1 atom stereocenters. The Hall–Kier alpha value is -0.460. The second-order valence-corrected chi connectivity index (χ2v) is 3.34. The highest BCUT2D eigenvalue weighted by Crippen LogP contribution is 2.29. The van der Waals surface area contributed by atoms with Crippen molar-refractivity contribution in [3.8, 4) is 0 Å². The van der Waals surface area contributed by atoms with E-state index in [0.29, 0.717) is 0 Å². The predicted molar refractivity (Wildman–Crippen MR) is 44.7 cm³/mol. The summed E-state index contributed by atoms with van der Waals surface area (Å²) in [7, 11) is 2.02. The van der Waals surface area contributed by atoms with Gasteiger partial charge in [-0.2, -0.15) is 0 Å². The highest BCUT2D eigenvalue weighted by molar-refractivity contribution is 5.10. The molecule has 1 heteroatoms. The van der Waals surface area contributed by atoms with E-state index in [1.165, 1.54) is 18.5 Å². The fourth-order valence-electron chi connectivity index (χ4n) is 1.71. The Morgan fingerprint density at radius 2 is 2.30 bits per heavy atom. The van der Waals surface area contributed by atoms with Gasteiger partial charge in [-0.15, -0.1) is 0 Å². The third-order valence-corrected chi connectivity index (χ3v) is 2.33. The van der Waals surface area contributed by atoms with Crippen molar-refractivity contribution in [1.82, 2.24) is 5.32 Å².